The molecule has 11 rings (SSSR count). The first-order valence-corrected chi connectivity index (χ1v) is 19.3. The molecule has 0 radical (unpaired) electrons. The Balaban J connectivity index is 1.04. The van der Waals surface area contributed by atoms with E-state index in [2.05, 4.69) is 228 Å². The SMILES string of the molecule is c1ccc(-c2ccc(N(c3ccc4cc(-c5ccc6c(c5)c5ccccc5n6-c5ccccc5)ccc4c3)c3cc4ccccc4c4ccccc34)cc2)cc1. The first kappa shape index (κ1) is 32.0. The summed E-state index contributed by atoms with van der Waals surface area (Å²) >= 11 is 0. The van der Waals surface area contributed by atoms with E-state index in [0.29, 0.717) is 0 Å². The lowest BCUT2D eigenvalue weighted by atomic mass is 9.97. The van der Waals surface area contributed by atoms with Gasteiger partial charge in [0.25, 0.3) is 0 Å². The smallest absolute Gasteiger partial charge is 0.0546 e. The number of aromatic nitrogens is 1. The second-order valence-corrected chi connectivity index (χ2v) is 14.6. The first-order valence-electron chi connectivity index (χ1n) is 19.3. The van der Waals surface area contributed by atoms with E-state index >= 15 is 0 Å². The van der Waals surface area contributed by atoms with Crippen LogP contribution in [0.5, 0.6) is 0 Å². The highest BCUT2D eigenvalue weighted by Gasteiger charge is 2.19. The molecule has 2 heteroatoms. The highest BCUT2D eigenvalue weighted by atomic mass is 15.1. The summed E-state index contributed by atoms with van der Waals surface area (Å²) in [7, 11) is 0. The molecular formula is C54H36N2. The average molecular weight is 713 g/mol. The summed E-state index contributed by atoms with van der Waals surface area (Å²) < 4.78 is 2.37. The van der Waals surface area contributed by atoms with E-state index in [1.807, 2.05) is 0 Å². The topological polar surface area (TPSA) is 8.17 Å². The Morgan fingerprint density at radius 1 is 0.286 bits per heavy atom. The molecule has 56 heavy (non-hydrogen) atoms. The summed E-state index contributed by atoms with van der Waals surface area (Å²) in [6, 6.07) is 79.5. The van der Waals surface area contributed by atoms with E-state index in [1.54, 1.807) is 0 Å². The Labute approximate surface area is 325 Å². The molecule has 0 atom stereocenters. The van der Waals surface area contributed by atoms with Crippen LogP contribution in [0.15, 0.2) is 218 Å². The molecule has 0 unspecified atom stereocenters. The molecule has 10 aromatic carbocycles. The Morgan fingerprint density at radius 3 is 1.66 bits per heavy atom. The van der Waals surface area contributed by atoms with Crippen molar-refractivity contribution in [1.29, 1.82) is 0 Å². The molecule has 0 saturated carbocycles. The summed E-state index contributed by atoms with van der Waals surface area (Å²) in [6.45, 7) is 0. The maximum atomic E-state index is 2.42. The largest absolute Gasteiger partial charge is 0.310 e. The predicted molar refractivity (Wildman–Crippen MR) is 239 cm³/mol. The minimum Gasteiger partial charge on any atom is -0.310 e. The van der Waals surface area contributed by atoms with Gasteiger partial charge in [0.15, 0.2) is 0 Å². The van der Waals surface area contributed by atoms with E-state index in [4.69, 9.17) is 0 Å². The van der Waals surface area contributed by atoms with Crippen LogP contribution in [-0.2, 0) is 0 Å². The number of para-hydroxylation sites is 2. The molecule has 1 aromatic heterocycles. The maximum absolute atomic E-state index is 2.42. The third-order valence-electron chi connectivity index (χ3n) is 11.3. The molecule has 262 valence electrons. The number of anilines is 3. The lowest BCUT2D eigenvalue weighted by molar-refractivity contribution is 1.18. The van der Waals surface area contributed by atoms with Gasteiger partial charge in [0.2, 0.25) is 0 Å². The van der Waals surface area contributed by atoms with Gasteiger partial charge in [0, 0.05) is 33.2 Å². The van der Waals surface area contributed by atoms with Gasteiger partial charge in [-0.15, -0.1) is 0 Å². The molecule has 0 N–H and O–H groups in total. The summed E-state index contributed by atoms with van der Waals surface area (Å²) in [5.74, 6) is 0. The molecule has 0 bridgehead atoms. The second-order valence-electron chi connectivity index (χ2n) is 14.6. The second kappa shape index (κ2) is 13.2. The van der Waals surface area contributed by atoms with Crippen LogP contribution >= 0.6 is 0 Å². The fraction of sp³-hybridized carbons (Fsp3) is 0. The minimum absolute atomic E-state index is 1.11. The Hall–Kier alpha value is -7.42. The molecule has 0 spiro atoms. The number of fused-ring (bicyclic) bond motifs is 7. The zero-order valence-corrected chi connectivity index (χ0v) is 30.7. The quantitative estimate of drug-likeness (QED) is 0.156. The minimum atomic E-state index is 1.11. The standard InChI is InChI=1S/C54H36N2/c1-3-13-37(14-4-1)38-25-29-45(30-26-38)55(54-36-43-15-7-8-18-47(43)48-19-9-10-20-49(48)54)46-31-27-40-33-39(23-24-41(40)34-46)42-28-32-53-51(35-42)50-21-11-12-22-52(50)56(53)44-16-5-2-6-17-44/h1-36H. The molecule has 0 aliphatic heterocycles. The first-order chi connectivity index (χ1) is 27.8. The Morgan fingerprint density at radius 2 is 0.839 bits per heavy atom. The fourth-order valence-electron chi connectivity index (χ4n) is 8.64. The van der Waals surface area contributed by atoms with Gasteiger partial charge in [0.05, 0.1) is 16.7 Å². The van der Waals surface area contributed by atoms with Crippen LogP contribution in [0.25, 0.3) is 82.1 Å². The third kappa shape index (κ3) is 5.34. The van der Waals surface area contributed by atoms with E-state index in [0.717, 1.165) is 17.1 Å². The van der Waals surface area contributed by atoms with Gasteiger partial charge in [-0.2, -0.15) is 0 Å². The number of benzene rings is 10. The molecule has 0 aliphatic rings. The van der Waals surface area contributed by atoms with Gasteiger partial charge in [-0.3, -0.25) is 0 Å². The van der Waals surface area contributed by atoms with E-state index in [1.165, 1.54) is 82.1 Å². The zero-order chi connectivity index (χ0) is 37.0. The van der Waals surface area contributed by atoms with Crippen molar-refractivity contribution in [2.75, 3.05) is 4.90 Å². The van der Waals surface area contributed by atoms with Crippen LogP contribution in [0.3, 0.4) is 0 Å². The van der Waals surface area contributed by atoms with Gasteiger partial charge >= 0.3 is 0 Å². The number of hydrogen-bond acceptors (Lipinski definition) is 1. The lowest BCUT2D eigenvalue weighted by Crippen LogP contribution is -2.10. The van der Waals surface area contributed by atoms with Crippen LogP contribution < -0.4 is 4.90 Å². The van der Waals surface area contributed by atoms with Crippen molar-refractivity contribution >= 4 is 71.2 Å². The molecule has 0 amide bonds. The maximum Gasteiger partial charge on any atom is 0.0546 e. The van der Waals surface area contributed by atoms with E-state index < -0.39 is 0 Å². The number of nitrogens with zero attached hydrogens (tertiary/aromatic N) is 2. The van der Waals surface area contributed by atoms with E-state index in [9.17, 15) is 0 Å². The molecular weight excluding hydrogens is 677 g/mol. The van der Waals surface area contributed by atoms with Crippen molar-refractivity contribution < 1.29 is 0 Å². The summed E-state index contributed by atoms with van der Waals surface area (Å²) in [4.78, 5) is 2.42. The molecule has 0 aliphatic carbocycles. The van der Waals surface area contributed by atoms with Gasteiger partial charge in [0.1, 0.15) is 0 Å². The van der Waals surface area contributed by atoms with Crippen LogP contribution in [-0.4, -0.2) is 4.57 Å². The van der Waals surface area contributed by atoms with Gasteiger partial charge in [-0.25, -0.2) is 0 Å². The summed E-state index contributed by atoms with van der Waals surface area (Å²) in [5, 5.41) is 9.88. The summed E-state index contributed by atoms with van der Waals surface area (Å²) in [5.41, 5.74) is 11.8. The van der Waals surface area contributed by atoms with Crippen molar-refractivity contribution in [3.63, 3.8) is 0 Å². The van der Waals surface area contributed by atoms with Crippen molar-refractivity contribution in [3.05, 3.63) is 218 Å². The highest BCUT2D eigenvalue weighted by Crippen LogP contribution is 2.43. The van der Waals surface area contributed by atoms with Crippen molar-refractivity contribution in [2.24, 2.45) is 0 Å². The number of hydrogen-bond donors (Lipinski definition) is 0. The van der Waals surface area contributed by atoms with Crippen molar-refractivity contribution in [3.8, 4) is 27.9 Å². The molecule has 0 saturated heterocycles. The molecule has 2 nitrogen and oxygen atoms in total. The van der Waals surface area contributed by atoms with Crippen LogP contribution in [0.2, 0.25) is 0 Å². The molecule has 1 heterocycles. The zero-order valence-electron chi connectivity index (χ0n) is 30.7. The highest BCUT2D eigenvalue weighted by molar-refractivity contribution is 6.15. The average Bonchev–Trinajstić information content (AvgIpc) is 3.61. The van der Waals surface area contributed by atoms with Gasteiger partial charge in [-0.1, -0.05) is 152 Å². The van der Waals surface area contributed by atoms with Crippen LogP contribution in [0.4, 0.5) is 17.1 Å². The normalized spacial score (nSPS) is 11.6. The van der Waals surface area contributed by atoms with Crippen molar-refractivity contribution in [2.45, 2.75) is 0 Å². The monoisotopic (exact) mass is 712 g/mol. The molecule has 11 aromatic rings. The van der Waals surface area contributed by atoms with Crippen molar-refractivity contribution in [1.82, 2.24) is 4.57 Å². The Kier molecular flexibility index (Phi) is 7.53. The Bertz CT molecular complexity index is 3230. The van der Waals surface area contributed by atoms with Crippen LogP contribution in [0.1, 0.15) is 0 Å². The van der Waals surface area contributed by atoms with Crippen LogP contribution in [0, 0.1) is 0 Å². The van der Waals surface area contributed by atoms with Gasteiger partial charge in [-0.05, 0) is 116 Å². The van der Waals surface area contributed by atoms with Gasteiger partial charge < -0.3 is 9.47 Å². The fourth-order valence-corrected chi connectivity index (χ4v) is 8.64. The lowest BCUT2D eigenvalue weighted by Gasteiger charge is -2.28. The summed E-state index contributed by atoms with van der Waals surface area (Å²) in [6.07, 6.45) is 0. The van der Waals surface area contributed by atoms with E-state index in [-0.39, 0.29) is 0 Å². The molecule has 0 fully saturated rings. The number of rotatable bonds is 6. The predicted octanol–water partition coefficient (Wildman–Crippen LogP) is 15.0. The third-order valence-corrected chi connectivity index (χ3v) is 11.3.